The number of nitrogens with zero attached hydrogens (tertiary/aromatic N) is 1. The zero-order valence-electron chi connectivity index (χ0n) is 16.5. The van der Waals surface area contributed by atoms with E-state index in [4.69, 9.17) is 0 Å². The second kappa shape index (κ2) is 5.71. The highest BCUT2D eigenvalue weighted by atomic mass is 16.2. The van der Waals surface area contributed by atoms with Crippen molar-refractivity contribution in [2.24, 2.45) is 0 Å². The number of hydrogen-bond acceptors (Lipinski definition) is 2. The van der Waals surface area contributed by atoms with Gasteiger partial charge in [-0.05, 0) is 41.0 Å². The highest BCUT2D eigenvalue weighted by Crippen LogP contribution is 2.53. The number of hydrogen-bond donors (Lipinski definition) is 1. The first-order chi connectivity index (χ1) is 13.4. The molecule has 3 aromatic rings. The largest absolute Gasteiger partial charge is 0.335 e. The van der Waals surface area contributed by atoms with Gasteiger partial charge in [0.05, 0.1) is 6.54 Å². The van der Waals surface area contributed by atoms with Gasteiger partial charge in [0, 0.05) is 11.1 Å². The standard InChI is InChI=1S/C25H24N2O/c1-17-11-12-22-21(15-17)24(2,3)25(26-23(28)16-27(22)25)14-13-19-9-6-8-18-7-4-5-10-20(18)19/h4-15H,16H2,1-3H3,(H,26,28)/b14-13+/t25-/m0/s1. The summed E-state index contributed by atoms with van der Waals surface area (Å²) in [6.45, 7) is 6.96. The molecule has 1 atom stereocenters. The van der Waals surface area contributed by atoms with Crippen LogP contribution in [0.3, 0.4) is 0 Å². The third kappa shape index (κ3) is 2.19. The molecule has 2 heterocycles. The molecule has 3 heteroatoms. The maximum atomic E-state index is 12.5. The fraction of sp³-hybridized carbons (Fsp3) is 0.240. The molecule has 5 rings (SSSR count). The van der Waals surface area contributed by atoms with Crippen LogP contribution in [0.15, 0.2) is 66.7 Å². The lowest BCUT2D eigenvalue weighted by Gasteiger charge is -2.40. The zero-order valence-corrected chi connectivity index (χ0v) is 16.5. The summed E-state index contributed by atoms with van der Waals surface area (Å²) in [5, 5.41) is 5.75. The van der Waals surface area contributed by atoms with E-state index in [1.165, 1.54) is 21.9 Å². The van der Waals surface area contributed by atoms with Crippen LogP contribution in [0.25, 0.3) is 16.8 Å². The number of carbonyl (C=O) groups excluding carboxylic acids is 1. The fourth-order valence-electron chi connectivity index (χ4n) is 4.89. The van der Waals surface area contributed by atoms with Gasteiger partial charge in [-0.2, -0.15) is 0 Å². The Hall–Kier alpha value is -3.07. The maximum Gasteiger partial charge on any atom is 0.241 e. The molecule has 0 radical (unpaired) electrons. The predicted molar refractivity (Wildman–Crippen MR) is 115 cm³/mol. The van der Waals surface area contributed by atoms with Gasteiger partial charge in [-0.25, -0.2) is 0 Å². The van der Waals surface area contributed by atoms with Gasteiger partial charge in [-0.15, -0.1) is 0 Å². The van der Waals surface area contributed by atoms with Crippen LogP contribution in [0.4, 0.5) is 5.69 Å². The van der Waals surface area contributed by atoms with Gasteiger partial charge in [0.15, 0.2) is 0 Å². The molecule has 1 fully saturated rings. The van der Waals surface area contributed by atoms with Crippen molar-refractivity contribution in [1.29, 1.82) is 0 Å². The Morgan fingerprint density at radius 3 is 2.68 bits per heavy atom. The Labute approximate surface area is 165 Å². The quantitative estimate of drug-likeness (QED) is 0.706. The van der Waals surface area contributed by atoms with Gasteiger partial charge in [0.2, 0.25) is 5.91 Å². The van der Waals surface area contributed by atoms with Crippen LogP contribution in [0.1, 0.15) is 30.5 Å². The van der Waals surface area contributed by atoms with E-state index in [0.717, 1.165) is 11.3 Å². The predicted octanol–water partition coefficient (Wildman–Crippen LogP) is 4.79. The molecular formula is C25H24N2O. The molecule has 0 unspecified atom stereocenters. The number of anilines is 1. The summed E-state index contributed by atoms with van der Waals surface area (Å²) in [7, 11) is 0. The molecule has 2 aliphatic heterocycles. The third-order valence-electron chi connectivity index (χ3n) is 6.45. The van der Waals surface area contributed by atoms with E-state index in [0.29, 0.717) is 6.54 Å². The van der Waals surface area contributed by atoms with Crippen molar-refractivity contribution in [3.8, 4) is 0 Å². The summed E-state index contributed by atoms with van der Waals surface area (Å²) in [6, 6.07) is 21.3. The molecule has 0 bridgehead atoms. The first-order valence-corrected chi connectivity index (χ1v) is 9.79. The van der Waals surface area contributed by atoms with E-state index >= 15 is 0 Å². The topological polar surface area (TPSA) is 32.3 Å². The van der Waals surface area contributed by atoms with Gasteiger partial charge in [0.1, 0.15) is 5.66 Å². The minimum atomic E-state index is -0.558. The molecule has 1 amide bonds. The van der Waals surface area contributed by atoms with Crippen molar-refractivity contribution < 1.29 is 4.79 Å². The van der Waals surface area contributed by atoms with Gasteiger partial charge in [0.25, 0.3) is 0 Å². The van der Waals surface area contributed by atoms with Gasteiger partial charge in [-0.3, -0.25) is 4.79 Å². The lowest BCUT2D eigenvalue weighted by Crippen LogP contribution is -2.58. The molecule has 2 aliphatic rings. The van der Waals surface area contributed by atoms with E-state index in [1.807, 2.05) is 0 Å². The average Bonchev–Trinajstić information content (AvgIpc) is 3.11. The summed E-state index contributed by atoms with van der Waals surface area (Å²) in [5.74, 6) is 0.0712. The molecule has 0 spiro atoms. The summed E-state index contributed by atoms with van der Waals surface area (Å²) in [4.78, 5) is 14.7. The third-order valence-corrected chi connectivity index (χ3v) is 6.45. The van der Waals surface area contributed by atoms with Crippen LogP contribution in [0, 0.1) is 6.92 Å². The van der Waals surface area contributed by atoms with Gasteiger partial charge < -0.3 is 10.2 Å². The molecular weight excluding hydrogens is 344 g/mol. The maximum absolute atomic E-state index is 12.5. The Bertz CT molecular complexity index is 1140. The van der Waals surface area contributed by atoms with Crippen LogP contribution in [-0.4, -0.2) is 18.1 Å². The monoisotopic (exact) mass is 368 g/mol. The molecule has 140 valence electrons. The zero-order chi connectivity index (χ0) is 19.5. The van der Waals surface area contributed by atoms with E-state index in [1.54, 1.807) is 0 Å². The molecule has 0 saturated carbocycles. The Kier molecular flexibility index (Phi) is 3.48. The number of rotatable bonds is 2. The van der Waals surface area contributed by atoms with E-state index in [2.05, 4.69) is 104 Å². The number of carbonyl (C=O) groups is 1. The molecule has 3 nitrogen and oxygen atoms in total. The number of fused-ring (bicyclic) bond motifs is 4. The van der Waals surface area contributed by atoms with Crippen molar-refractivity contribution in [3.63, 3.8) is 0 Å². The minimum absolute atomic E-state index is 0.0712. The second-order valence-corrected chi connectivity index (χ2v) is 8.45. The molecule has 0 aliphatic carbocycles. The lowest BCUT2D eigenvalue weighted by molar-refractivity contribution is -0.118. The number of nitrogens with one attached hydrogen (secondary N) is 1. The van der Waals surface area contributed by atoms with Crippen LogP contribution in [-0.2, 0) is 10.2 Å². The summed E-state index contributed by atoms with van der Waals surface area (Å²) in [6.07, 6.45) is 4.36. The second-order valence-electron chi connectivity index (χ2n) is 8.45. The van der Waals surface area contributed by atoms with E-state index in [-0.39, 0.29) is 11.3 Å². The summed E-state index contributed by atoms with van der Waals surface area (Å²) in [5.41, 5.74) is 4.04. The number of amides is 1. The fourth-order valence-corrected chi connectivity index (χ4v) is 4.89. The molecule has 0 aromatic heterocycles. The van der Waals surface area contributed by atoms with Crippen molar-refractivity contribution in [1.82, 2.24) is 5.32 Å². The number of benzene rings is 3. The average molecular weight is 368 g/mol. The van der Waals surface area contributed by atoms with Crippen LogP contribution in [0.2, 0.25) is 0 Å². The normalized spacial score (nSPS) is 22.5. The molecule has 1 N–H and O–H groups in total. The van der Waals surface area contributed by atoms with Crippen LogP contribution < -0.4 is 10.2 Å². The highest BCUT2D eigenvalue weighted by molar-refractivity contribution is 5.93. The SMILES string of the molecule is Cc1ccc2c(c1)C(C)(C)[C@@]1(/C=C/c3cccc4ccccc34)NC(=O)CN21. The molecule has 28 heavy (non-hydrogen) atoms. The van der Waals surface area contributed by atoms with Crippen LogP contribution >= 0.6 is 0 Å². The summed E-state index contributed by atoms with van der Waals surface area (Å²) >= 11 is 0. The first kappa shape index (κ1) is 17.1. The van der Waals surface area contributed by atoms with Crippen molar-refractivity contribution in [3.05, 3.63) is 83.4 Å². The summed E-state index contributed by atoms with van der Waals surface area (Å²) < 4.78 is 0. The Morgan fingerprint density at radius 2 is 1.82 bits per heavy atom. The Balaban J connectivity index is 1.67. The molecule has 3 aromatic carbocycles. The highest BCUT2D eigenvalue weighted by Gasteiger charge is 2.59. The first-order valence-electron chi connectivity index (χ1n) is 9.79. The van der Waals surface area contributed by atoms with Crippen molar-refractivity contribution >= 4 is 28.4 Å². The van der Waals surface area contributed by atoms with E-state index < -0.39 is 5.66 Å². The lowest BCUT2D eigenvalue weighted by atomic mass is 9.75. The van der Waals surface area contributed by atoms with Crippen LogP contribution in [0.5, 0.6) is 0 Å². The van der Waals surface area contributed by atoms with Gasteiger partial charge in [-0.1, -0.05) is 80.1 Å². The van der Waals surface area contributed by atoms with E-state index in [9.17, 15) is 4.79 Å². The minimum Gasteiger partial charge on any atom is -0.335 e. The molecule has 1 saturated heterocycles. The smallest absolute Gasteiger partial charge is 0.241 e. The Morgan fingerprint density at radius 1 is 1.04 bits per heavy atom. The number of aryl methyl sites for hydroxylation is 1. The van der Waals surface area contributed by atoms with Crippen molar-refractivity contribution in [2.45, 2.75) is 31.8 Å². The van der Waals surface area contributed by atoms with Crippen molar-refractivity contribution in [2.75, 3.05) is 11.4 Å². The van der Waals surface area contributed by atoms with Gasteiger partial charge >= 0.3 is 0 Å².